The number of sulfonamides is 1. The molecule has 1 atom stereocenters. The largest absolute Gasteiger partial charge is 0.352 e. The van der Waals surface area contributed by atoms with E-state index in [0.717, 1.165) is 0 Å². The van der Waals surface area contributed by atoms with Gasteiger partial charge in [0.15, 0.2) is 0 Å². The van der Waals surface area contributed by atoms with Gasteiger partial charge in [-0.25, -0.2) is 22.3 Å². The smallest absolute Gasteiger partial charge is 0.254 e. The zero-order valence-electron chi connectivity index (χ0n) is 12.0. The molecule has 0 saturated heterocycles. The summed E-state index contributed by atoms with van der Waals surface area (Å²) in [6.45, 7) is 6.13. The highest BCUT2D eigenvalue weighted by molar-refractivity contribution is 7.89. The molecule has 1 amide bonds. The summed E-state index contributed by atoms with van der Waals surface area (Å²) in [7, 11) is -4.37. The van der Waals surface area contributed by atoms with Gasteiger partial charge >= 0.3 is 0 Å². The summed E-state index contributed by atoms with van der Waals surface area (Å²) in [5.74, 6) is -2.83. The average molecular weight is 320 g/mol. The lowest BCUT2D eigenvalue weighted by Gasteiger charge is -2.16. The highest BCUT2D eigenvalue weighted by Crippen LogP contribution is 2.18. The van der Waals surface area contributed by atoms with Crippen molar-refractivity contribution in [2.24, 2.45) is 17.0 Å². The molecule has 1 aromatic carbocycles. The summed E-state index contributed by atoms with van der Waals surface area (Å²) in [4.78, 5) is 11.0. The maximum Gasteiger partial charge on any atom is 0.254 e. The molecule has 1 rings (SSSR count). The Morgan fingerprint density at radius 1 is 1.24 bits per heavy atom. The van der Waals surface area contributed by atoms with E-state index in [2.05, 4.69) is 5.32 Å². The number of hydrogen-bond acceptors (Lipinski definition) is 3. The monoisotopic (exact) mass is 320 g/mol. The van der Waals surface area contributed by atoms with E-state index >= 15 is 0 Å². The number of hydrogen-bond donors (Lipinski definition) is 2. The van der Waals surface area contributed by atoms with Crippen molar-refractivity contribution in [2.75, 3.05) is 6.54 Å². The van der Waals surface area contributed by atoms with Gasteiger partial charge in [0.2, 0.25) is 10.0 Å². The summed E-state index contributed by atoms with van der Waals surface area (Å²) >= 11 is 0. The van der Waals surface area contributed by atoms with Gasteiger partial charge in [0, 0.05) is 12.6 Å². The third-order valence-electron chi connectivity index (χ3n) is 3.30. The van der Waals surface area contributed by atoms with Crippen molar-refractivity contribution < 1.29 is 22.0 Å². The number of benzene rings is 1. The number of nitrogens with one attached hydrogen (secondary N) is 1. The Kier molecular flexibility index (Phi) is 5.41. The van der Waals surface area contributed by atoms with Crippen LogP contribution in [0.25, 0.3) is 0 Å². The van der Waals surface area contributed by atoms with Crippen LogP contribution < -0.4 is 10.5 Å². The minimum Gasteiger partial charge on any atom is -0.352 e. The van der Waals surface area contributed by atoms with E-state index in [4.69, 9.17) is 5.14 Å². The molecular weight excluding hydrogens is 302 g/mol. The van der Waals surface area contributed by atoms with E-state index in [1.807, 2.05) is 20.8 Å². The quantitative estimate of drug-likeness (QED) is 0.864. The molecule has 0 spiro atoms. The zero-order valence-corrected chi connectivity index (χ0v) is 12.8. The van der Waals surface area contributed by atoms with Crippen LogP contribution in [0.15, 0.2) is 17.0 Å². The lowest BCUT2D eigenvalue weighted by Crippen LogP contribution is -2.31. The predicted molar refractivity (Wildman–Crippen MR) is 74.1 cm³/mol. The van der Waals surface area contributed by atoms with Crippen LogP contribution in [-0.2, 0) is 10.0 Å². The number of primary sulfonamides is 1. The number of carbonyl (C=O) groups excluding carboxylic acids is 1. The van der Waals surface area contributed by atoms with Crippen molar-refractivity contribution in [1.82, 2.24) is 5.32 Å². The van der Waals surface area contributed by atoms with Gasteiger partial charge in [-0.05, 0) is 17.9 Å². The first-order valence-electron chi connectivity index (χ1n) is 6.34. The highest BCUT2D eigenvalue weighted by atomic mass is 32.2. The maximum absolute atomic E-state index is 13.6. The van der Waals surface area contributed by atoms with Crippen LogP contribution in [-0.4, -0.2) is 20.9 Å². The molecule has 0 fully saturated rings. The molecule has 0 saturated carbocycles. The lowest BCUT2D eigenvalue weighted by atomic mass is 9.98. The summed E-state index contributed by atoms with van der Waals surface area (Å²) in [5.41, 5.74) is -0.559. The second-order valence-corrected chi connectivity index (χ2v) is 6.77. The molecule has 1 unspecified atom stereocenters. The fourth-order valence-electron chi connectivity index (χ4n) is 1.51. The summed E-state index contributed by atoms with van der Waals surface area (Å²) in [5, 5.41) is 7.30. The standard InChI is InChI=1S/C13H18F2N2O3S/c1-7(2)8(3)6-17-13(18)9-4-12(21(16,19)20)11(15)5-10(9)14/h4-5,7-8H,6H2,1-3H3,(H,17,18)(H2,16,19,20). The number of rotatable bonds is 5. The van der Waals surface area contributed by atoms with E-state index in [0.29, 0.717) is 18.1 Å². The van der Waals surface area contributed by atoms with E-state index in [-0.39, 0.29) is 12.5 Å². The summed E-state index contributed by atoms with van der Waals surface area (Å²) in [6, 6.07) is 0.940. The van der Waals surface area contributed by atoms with Crippen LogP contribution in [0.2, 0.25) is 0 Å². The van der Waals surface area contributed by atoms with Crippen LogP contribution in [0.1, 0.15) is 31.1 Å². The molecular formula is C13H18F2N2O3S. The Morgan fingerprint density at radius 3 is 2.29 bits per heavy atom. The van der Waals surface area contributed by atoms with Crippen molar-refractivity contribution in [1.29, 1.82) is 0 Å². The molecule has 8 heteroatoms. The molecule has 0 heterocycles. The van der Waals surface area contributed by atoms with E-state index < -0.39 is 38.0 Å². The Hall–Kier alpha value is -1.54. The first kappa shape index (κ1) is 17.5. The first-order valence-corrected chi connectivity index (χ1v) is 7.88. The fraction of sp³-hybridized carbons (Fsp3) is 0.462. The molecule has 0 bridgehead atoms. The minimum atomic E-state index is -4.37. The highest BCUT2D eigenvalue weighted by Gasteiger charge is 2.22. The van der Waals surface area contributed by atoms with Crippen LogP contribution in [0.5, 0.6) is 0 Å². The maximum atomic E-state index is 13.6. The number of nitrogens with two attached hydrogens (primary N) is 1. The van der Waals surface area contributed by atoms with Crippen molar-refractivity contribution in [3.05, 3.63) is 29.3 Å². The first-order chi connectivity index (χ1) is 9.54. The Morgan fingerprint density at radius 2 is 1.81 bits per heavy atom. The van der Waals surface area contributed by atoms with Gasteiger partial charge in [0.05, 0.1) is 5.56 Å². The van der Waals surface area contributed by atoms with E-state index in [9.17, 15) is 22.0 Å². The molecule has 3 N–H and O–H groups in total. The fourth-order valence-corrected chi connectivity index (χ4v) is 2.12. The molecule has 0 radical (unpaired) electrons. The molecule has 0 aliphatic carbocycles. The molecule has 0 aromatic heterocycles. The lowest BCUT2D eigenvalue weighted by molar-refractivity contribution is 0.0940. The summed E-state index contributed by atoms with van der Waals surface area (Å²) in [6.07, 6.45) is 0. The summed E-state index contributed by atoms with van der Waals surface area (Å²) < 4.78 is 49.4. The average Bonchev–Trinajstić information content (AvgIpc) is 2.33. The van der Waals surface area contributed by atoms with Gasteiger partial charge < -0.3 is 5.32 Å². The molecule has 0 aliphatic heterocycles. The zero-order chi connectivity index (χ0) is 16.4. The molecule has 21 heavy (non-hydrogen) atoms. The topological polar surface area (TPSA) is 89.3 Å². The van der Waals surface area contributed by atoms with Gasteiger partial charge in [0.1, 0.15) is 16.5 Å². The van der Waals surface area contributed by atoms with E-state index in [1.54, 1.807) is 0 Å². The van der Waals surface area contributed by atoms with Crippen molar-refractivity contribution in [3.63, 3.8) is 0 Å². The van der Waals surface area contributed by atoms with Crippen molar-refractivity contribution in [2.45, 2.75) is 25.7 Å². The van der Waals surface area contributed by atoms with Crippen LogP contribution in [0.4, 0.5) is 8.78 Å². The second kappa shape index (κ2) is 6.48. The Bertz CT molecular complexity index is 645. The third kappa shape index (κ3) is 4.47. The predicted octanol–water partition coefficient (Wildman–Crippen LogP) is 1.63. The molecule has 5 nitrogen and oxygen atoms in total. The van der Waals surface area contributed by atoms with Gasteiger partial charge in [-0.2, -0.15) is 0 Å². The van der Waals surface area contributed by atoms with Gasteiger partial charge in [-0.3, -0.25) is 4.79 Å². The second-order valence-electron chi connectivity index (χ2n) is 5.24. The normalized spacial score (nSPS) is 13.3. The molecule has 0 aliphatic rings. The third-order valence-corrected chi connectivity index (χ3v) is 4.22. The Labute approximate surface area is 122 Å². The van der Waals surface area contributed by atoms with Gasteiger partial charge in [0.25, 0.3) is 5.91 Å². The SMILES string of the molecule is CC(C)C(C)CNC(=O)c1cc(S(N)(=O)=O)c(F)cc1F. The van der Waals surface area contributed by atoms with E-state index in [1.165, 1.54) is 0 Å². The van der Waals surface area contributed by atoms with Crippen LogP contribution in [0, 0.1) is 23.5 Å². The molecule has 118 valence electrons. The van der Waals surface area contributed by atoms with Gasteiger partial charge in [-0.15, -0.1) is 0 Å². The molecule has 1 aromatic rings. The number of carbonyl (C=O) groups is 1. The number of amides is 1. The van der Waals surface area contributed by atoms with Gasteiger partial charge in [-0.1, -0.05) is 20.8 Å². The Balaban J connectivity index is 3.05. The van der Waals surface area contributed by atoms with Crippen LogP contribution >= 0.6 is 0 Å². The van der Waals surface area contributed by atoms with Crippen molar-refractivity contribution >= 4 is 15.9 Å². The number of halogens is 2. The van der Waals surface area contributed by atoms with Crippen LogP contribution in [0.3, 0.4) is 0 Å². The van der Waals surface area contributed by atoms with Crippen molar-refractivity contribution in [3.8, 4) is 0 Å². The minimum absolute atomic E-state index is 0.148.